The first-order valence-electron chi connectivity index (χ1n) is 7.17. The molecule has 2 atom stereocenters. The van der Waals surface area contributed by atoms with Gasteiger partial charge >= 0.3 is 0 Å². The van der Waals surface area contributed by atoms with Gasteiger partial charge in [-0.25, -0.2) is 0 Å². The third-order valence-electron chi connectivity index (χ3n) is 3.56. The van der Waals surface area contributed by atoms with Gasteiger partial charge in [-0.1, -0.05) is 13.0 Å². The van der Waals surface area contributed by atoms with E-state index in [9.17, 15) is 0 Å². The average molecular weight is 258 g/mol. The summed E-state index contributed by atoms with van der Waals surface area (Å²) in [6.07, 6.45) is 4.30. The summed E-state index contributed by atoms with van der Waals surface area (Å²) in [6.45, 7) is 5.02. The lowest BCUT2D eigenvalue weighted by Gasteiger charge is -2.27. The van der Waals surface area contributed by atoms with Crippen LogP contribution in [0.5, 0.6) is 5.75 Å². The maximum atomic E-state index is 8.79. The van der Waals surface area contributed by atoms with Gasteiger partial charge in [-0.3, -0.25) is 0 Å². The van der Waals surface area contributed by atoms with E-state index in [2.05, 4.69) is 30.4 Å². The SMILES string of the molecule is CCCNC1CCCc2cc(OC(C)C#N)ccc21. The predicted octanol–water partition coefficient (Wildman–Crippen LogP) is 3.35. The highest BCUT2D eigenvalue weighted by molar-refractivity contribution is 5.39. The van der Waals surface area contributed by atoms with Gasteiger partial charge in [0, 0.05) is 6.04 Å². The van der Waals surface area contributed by atoms with Gasteiger partial charge in [-0.2, -0.15) is 5.26 Å². The quantitative estimate of drug-likeness (QED) is 0.881. The molecule has 0 bridgehead atoms. The van der Waals surface area contributed by atoms with E-state index in [4.69, 9.17) is 10.00 Å². The lowest BCUT2D eigenvalue weighted by atomic mass is 9.87. The molecule has 0 fully saturated rings. The third kappa shape index (κ3) is 3.48. The fourth-order valence-electron chi connectivity index (χ4n) is 2.63. The van der Waals surface area contributed by atoms with Crippen LogP contribution in [0.15, 0.2) is 18.2 Å². The molecule has 0 saturated carbocycles. The van der Waals surface area contributed by atoms with Crippen molar-refractivity contribution in [1.29, 1.82) is 5.26 Å². The predicted molar refractivity (Wildman–Crippen MR) is 76.1 cm³/mol. The molecule has 19 heavy (non-hydrogen) atoms. The number of benzene rings is 1. The number of hydrogen-bond acceptors (Lipinski definition) is 3. The Morgan fingerprint density at radius 1 is 1.53 bits per heavy atom. The molecule has 0 aliphatic heterocycles. The Balaban J connectivity index is 2.14. The molecule has 102 valence electrons. The van der Waals surface area contributed by atoms with Gasteiger partial charge in [0.15, 0.2) is 6.10 Å². The van der Waals surface area contributed by atoms with Crippen LogP contribution in [0.3, 0.4) is 0 Å². The summed E-state index contributed by atoms with van der Waals surface area (Å²) >= 11 is 0. The monoisotopic (exact) mass is 258 g/mol. The van der Waals surface area contributed by atoms with Crippen LogP contribution < -0.4 is 10.1 Å². The fourth-order valence-corrected chi connectivity index (χ4v) is 2.63. The van der Waals surface area contributed by atoms with Gasteiger partial charge in [0.2, 0.25) is 0 Å². The van der Waals surface area contributed by atoms with Gasteiger partial charge in [0.05, 0.1) is 0 Å². The van der Waals surface area contributed by atoms with Gasteiger partial charge in [-0.05, 0) is 62.4 Å². The van der Waals surface area contributed by atoms with Crippen molar-refractivity contribution in [1.82, 2.24) is 5.32 Å². The Kier molecular flexibility index (Phi) is 4.81. The van der Waals surface area contributed by atoms with Crippen molar-refractivity contribution in [2.45, 2.75) is 51.7 Å². The molecule has 3 nitrogen and oxygen atoms in total. The first-order valence-corrected chi connectivity index (χ1v) is 7.17. The Morgan fingerprint density at radius 3 is 3.11 bits per heavy atom. The summed E-state index contributed by atoms with van der Waals surface area (Å²) in [6, 6.07) is 8.81. The van der Waals surface area contributed by atoms with E-state index >= 15 is 0 Å². The number of nitriles is 1. The zero-order valence-corrected chi connectivity index (χ0v) is 11.8. The standard InChI is InChI=1S/C16H22N2O/c1-3-9-18-16-6-4-5-13-10-14(7-8-15(13)16)19-12(2)11-17/h7-8,10,12,16,18H,3-6,9H2,1-2H3. The zero-order valence-electron chi connectivity index (χ0n) is 11.8. The van der Waals surface area contributed by atoms with E-state index in [1.54, 1.807) is 6.92 Å². The van der Waals surface area contributed by atoms with Crippen LogP contribution in [-0.2, 0) is 6.42 Å². The summed E-state index contributed by atoms with van der Waals surface area (Å²) in [4.78, 5) is 0. The van der Waals surface area contributed by atoms with Crippen molar-refractivity contribution in [2.75, 3.05) is 6.54 Å². The van der Waals surface area contributed by atoms with Crippen molar-refractivity contribution < 1.29 is 4.74 Å². The molecule has 0 radical (unpaired) electrons. The van der Waals surface area contributed by atoms with Crippen molar-refractivity contribution in [3.05, 3.63) is 29.3 Å². The third-order valence-corrected chi connectivity index (χ3v) is 3.56. The summed E-state index contributed by atoms with van der Waals surface area (Å²) in [5, 5.41) is 12.4. The molecule has 0 aromatic heterocycles. The minimum absolute atomic E-state index is 0.393. The van der Waals surface area contributed by atoms with Crippen LogP contribution in [-0.4, -0.2) is 12.6 Å². The number of fused-ring (bicyclic) bond motifs is 1. The van der Waals surface area contributed by atoms with Crippen molar-refractivity contribution in [3.8, 4) is 11.8 Å². The molecule has 1 aromatic rings. The maximum Gasteiger partial charge on any atom is 0.181 e. The average Bonchev–Trinajstić information content (AvgIpc) is 2.44. The summed E-state index contributed by atoms with van der Waals surface area (Å²) in [5.74, 6) is 0.809. The van der Waals surface area contributed by atoms with Crippen LogP contribution in [0.4, 0.5) is 0 Å². The van der Waals surface area contributed by atoms with Crippen LogP contribution in [0.2, 0.25) is 0 Å². The molecule has 2 unspecified atom stereocenters. The Hall–Kier alpha value is -1.53. The first kappa shape index (κ1) is 13.9. The summed E-state index contributed by atoms with van der Waals surface area (Å²) < 4.78 is 5.56. The molecule has 0 amide bonds. The fraction of sp³-hybridized carbons (Fsp3) is 0.562. The highest BCUT2D eigenvalue weighted by atomic mass is 16.5. The minimum atomic E-state index is -0.393. The van der Waals surface area contributed by atoms with Crippen LogP contribution in [0.1, 0.15) is 50.3 Å². The number of nitrogens with zero attached hydrogens (tertiary/aromatic N) is 1. The number of nitrogens with one attached hydrogen (secondary N) is 1. The van der Waals surface area contributed by atoms with Crippen molar-refractivity contribution in [2.24, 2.45) is 0 Å². The topological polar surface area (TPSA) is 45.0 Å². The van der Waals surface area contributed by atoms with Crippen LogP contribution >= 0.6 is 0 Å². The molecule has 2 rings (SSSR count). The molecule has 1 aliphatic rings. The zero-order chi connectivity index (χ0) is 13.7. The van der Waals surface area contributed by atoms with Gasteiger partial charge in [-0.15, -0.1) is 0 Å². The number of hydrogen-bond donors (Lipinski definition) is 1. The summed E-state index contributed by atoms with van der Waals surface area (Å²) in [7, 11) is 0. The molecular formula is C16H22N2O. The van der Waals surface area contributed by atoms with Gasteiger partial charge in [0.1, 0.15) is 11.8 Å². The van der Waals surface area contributed by atoms with E-state index in [1.807, 2.05) is 6.07 Å². The molecule has 1 aliphatic carbocycles. The highest BCUT2D eigenvalue weighted by Gasteiger charge is 2.20. The minimum Gasteiger partial charge on any atom is -0.476 e. The van der Waals surface area contributed by atoms with Crippen LogP contribution in [0, 0.1) is 11.3 Å². The Bertz CT molecular complexity index is 464. The molecule has 1 aromatic carbocycles. The van der Waals surface area contributed by atoms with E-state index in [0.717, 1.165) is 25.1 Å². The van der Waals surface area contributed by atoms with E-state index in [1.165, 1.54) is 24.0 Å². The second kappa shape index (κ2) is 6.58. The number of aryl methyl sites for hydroxylation is 1. The largest absolute Gasteiger partial charge is 0.476 e. The first-order chi connectivity index (χ1) is 9.24. The normalized spacial score (nSPS) is 19.3. The Morgan fingerprint density at radius 2 is 2.37 bits per heavy atom. The lowest BCUT2D eigenvalue weighted by Crippen LogP contribution is -2.25. The molecule has 0 heterocycles. The molecular weight excluding hydrogens is 236 g/mol. The van der Waals surface area contributed by atoms with E-state index in [0.29, 0.717) is 6.04 Å². The van der Waals surface area contributed by atoms with Gasteiger partial charge in [0.25, 0.3) is 0 Å². The second-order valence-electron chi connectivity index (χ2n) is 5.15. The molecule has 0 saturated heterocycles. The molecule has 1 N–H and O–H groups in total. The van der Waals surface area contributed by atoms with E-state index < -0.39 is 6.10 Å². The van der Waals surface area contributed by atoms with Crippen molar-refractivity contribution in [3.63, 3.8) is 0 Å². The smallest absolute Gasteiger partial charge is 0.181 e. The van der Waals surface area contributed by atoms with Crippen LogP contribution in [0.25, 0.3) is 0 Å². The maximum absolute atomic E-state index is 8.79. The highest BCUT2D eigenvalue weighted by Crippen LogP contribution is 2.32. The lowest BCUT2D eigenvalue weighted by molar-refractivity contribution is 0.276. The van der Waals surface area contributed by atoms with Gasteiger partial charge < -0.3 is 10.1 Å². The summed E-state index contributed by atoms with van der Waals surface area (Å²) in [5.41, 5.74) is 2.76. The number of ether oxygens (including phenoxy) is 1. The number of rotatable bonds is 5. The Labute approximate surface area is 115 Å². The second-order valence-corrected chi connectivity index (χ2v) is 5.15. The van der Waals surface area contributed by atoms with E-state index in [-0.39, 0.29) is 0 Å². The molecule has 3 heteroatoms. The van der Waals surface area contributed by atoms with Crippen molar-refractivity contribution >= 4 is 0 Å². The molecule has 0 spiro atoms.